The van der Waals surface area contributed by atoms with E-state index in [0.29, 0.717) is 17.2 Å². The summed E-state index contributed by atoms with van der Waals surface area (Å²) >= 11 is 1.40. The zero-order chi connectivity index (χ0) is 19.8. The number of benzene rings is 1. The summed E-state index contributed by atoms with van der Waals surface area (Å²) in [5, 5.41) is 8.33. The van der Waals surface area contributed by atoms with Gasteiger partial charge in [0.15, 0.2) is 0 Å². The Morgan fingerprint density at radius 2 is 1.96 bits per heavy atom. The van der Waals surface area contributed by atoms with Crippen LogP contribution in [-0.2, 0) is 6.54 Å². The Morgan fingerprint density at radius 3 is 2.75 bits per heavy atom. The number of nitrogens with zero attached hydrogens (tertiary/aromatic N) is 4. The van der Waals surface area contributed by atoms with E-state index in [4.69, 9.17) is 0 Å². The van der Waals surface area contributed by atoms with Gasteiger partial charge in [0.25, 0.3) is 5.91 Å². The van der Waals surface area contributed by atoms with Crippen LogP contribution in [0.4, 0.5) is 5.82 Å². The van der Waals surface area contributed by atoms with Gasteiger partial charge in [-0.25, -0.2) is 14.6 Å². The molecule has 0 radical (unpaired) electrons. The number of amides is 1. The van der Waals surface area contributed by atoms with Crippen LogP contribution in [0.15, 0.2) is 36.5 Å². The molecule has 0 fully saturated rings. The Kier molecular flexibility index (Phi) is 4.68. The highest BCUT2D eigenvalue weighted by molar-refractivity contribution is 7.20. The van der Waals surface area contributed by atoms with Gasteiger partial charge in [0.1, 0.15) is 16.5 Å². The van der Waals surface area contributed by atoms with Crippen molar-refractivity contribution in [1.29, 1.82) is 0 Å². The van der Waals surface area contributed by atoms with Crippen molar-refractivity contribution in [3.05, 3.63) is 69.6 Å². The second kappa shape index (κ2) is 7.16. The number of thiophene rings is 1. The highest BCUT2D eigenvalue weighted by Gasteiger charge is 2.19. The van der Waals surface area contributed by atoms with E-state index in [9.17, 15) is 4.79 Å². The molecule has 6 nitrogen and oxygen atoms in total. The van der Waals surface area contributed by atoms with Gasteiger partial charge in [0, 0.05) is 17.1 Å². The Hall–Kier alpha value is -3.06. The maximum Gasteiger partial charge on any atom is 0.267 e. The maximum atomic E-state index is 13.0. The molecule has 0 atom stereocenters. The molecular formula is C21H21N5OS. The van der Waals surface area contributed by atoms with Gasteiger partial charge in [0.05, 0.1) is 17.6 Å². The summed E-state index contributed by atoms with van der Waals surface area (Å²) in [4.78, 5) is 23.4. The molecule has 4 rings (SSSR count). The molecule has 0 saturated carbocycles. The van der Waals surface area contributed by atoms with Gasteiger partial charge in [-0.3, -0.25) is 4.79 Å². The number of carbonyl (C=O) groups excluding carboxylic acids is 1. The van der Waals surface area contributed by atoms with Crippen LogP contribution in [0.3, 0.4) is 0 Å². The van der Waals surface area contributed by atoms with Gasteiger partial charge < -0.3 is 5.32 Å². The Labute approximate surface area is 167 Å². The first-order valence-corrected chi connectivity index (χ1v) is 9.87. The van der Waals surface area contributed by atoms with Crippen molar-refractivity contribution < 1.29 is 4.79 Å². The van der Waals surface area contributed by atoms with Crippen LogP contribution in [0, 0.1) is 27.7 Å². The predicted molar refractivity (Wildman–Crippen MR) is 112 cm³/mol. The molecule has 142 valence electrons. The molecule has 1 amide bonds. The fourth-order valence-electron chi connectivity index (χ4n) is 3.41. The lowest BCUT2D eigenvalue weighted by molar-refractivity contribution is 0.102. The average Bonchev–Trinajstić information content (AvgIpc) is 3.19. The lowest BCUT2D eigenvalue weighted by Gasteiger charge is -2.09. The molecule has 1 aromatic carbocycles. The van der Waals surface area contributed by atoms with Crippen molar-refractivity contribution in [2.45, 2.75) is 34.2 Å². The number of carbonyl (C=O) groups is 1. The summed E-state index contributed by atoms with van der Waals surface area (Å²) < 4.78 is 1.80. The van der Waals surface area contributed by atoms with E-state index in [1.165, 1.54) is 16.9 Å². The summed E-state index contributed by atoms with van der Waals surface area (Å²) in [5.41, 5.74) is 4.15. The van der Waals surface area contributed by atoms with Crippen LogP contribution in [0.2, 0.25) is 0 Å². The fraction of sp³-hybridized carbons (Fsp3) is 0.238. The smallest absolute Gasteiger partial charge is 0.267 e. The largest absolute Gasteiger partial charge is 0.306 e. The van der Waals surface area contributed by atoms with Crippen molar-refractivity contribution in [2.75, 3.05) is 5.32 Å². The normalized spacial score (nSPS) is 11.1. The minimum absolute atomic E-state index is 0.149. The van der Waals surface area contributed by atoms with Crippen molar-refractivity contribution in [3.8, 4) is 0 Å². The number of aromatic nitrogens is 4. The van der Waals surface area contributed by atoms with Gasteiger partial charge in [-0.1, -0.05) is 29.8 Å². The summed E-state index contributed by atoms with van der Waals surface area (Å²) in [5.74, 6) is 1.24. The molecule has 0 aliphatic heterocycles. The fourth-order valence-corrected chi connectivity index (χ4v) is 4.58. The second-order valence-electron chi connectivity index (χ2n) is 6.91. The maximum absolute atomic E-state index is 13.0. The zero-order valence-corrected chi connectivity index (χ0v) is 17.1. The predicted octanol–water partition coefficient (Wildman–Crippen LogP) is 4.42. The lowest BCUT2D eigenvalue weighted by Crippen LogP contribution is -2.16. The number of hydrogen-bond donors (Lipinski definition) is 1. The van der Waals surface area contributed by atoms with E-state index in [-0.39, 0.29) is 5.91 Å². The third-order valence-corrected chi connectivity index (χ3v) is 5.85. The highest BCUT2D eigenvalue weighted by Crippen LogP contribution is 2.31. The quantitative estimate of drug-likeness (QED) is 0.559. The molecule has 3 aromatic heterocycles. The Morgan fingerprint density at radius 1 is 1.14 bits per heavy atom. The molecule has 7 heteroatoms. The monoisotopic (exact) mass is 391 g/mol. The van der Waals surface area contributed by atoms with Crippen LogP contribution in [0.1, 0.15) is 37.9 Å². The van der Waals surface area contributed by atoms with E-state index in [0.717, 1.165) is 32.9 Å². The van der Waals surface area contributed by atoms with Gasteiger partial charge in [-0.05, 0) is 38.8 Å². The third-order valence-electron chi connectivity index (χ3n) is 4.66. The topological polar surface area (TPSA) is 72.7 Å². The van der Waals surface area contributed by atoms with E-state index < -0.39 is 0 Å². The van der Waals surface area contributed by atoms with Gasteiger partial charge >= 0.3 is 0 Å². The number of hydrogen-bond acceptors (Lipinski definition) is 5. The lowest BCUT2D eigenvalue weighted by atomic mass is 10.1. The number of aryl methyl sites for hydroxylation is 4. The number of rotatable bonds is 4. The first-order chi connectivity index (χ1) is 13.4. The molecule has 0 saturated heterocycles. The van der Waals surface area contributed by atoms with E-state index in [1.807, 2.05) is 32.9 Å². The molecule has 0 spiro atoms. The Balaban J connectivity index is 1.62. The standard InChI is InChI=1S/C21H21N5OS/c1-12-6-5-7-16(10-12)11-26-17(8-9-22-26)25-20(27)19-13(2)18-14(3)23-15(4)24-21(18)28-19/h5-10H,11H2,1-4H3,(H,25,27). The van der Waals surface area contributed by atoms with Crippen LogP contribution >= 0.6 is 11.3 Å². The molecule has 4 aromatic rings. The zero-order valence-electron chi connectivity index (χ0n) is 16.3. The summed E-state index contributed by atoms with van der Waals surface area (Å²) in [6, 6.07) is 10.1. The number of fused-ring (bicyclic) bond motifs is 1. The van der Waals surface area contributed by atoms with Gasteiger partial charge in [-0.15, -0.1) is 11.3 Å². The molecule has 28 heavy (non-hydrogen) atoms. The summed E-state index contributed by atoms with van der Waals surface area (Å²) in [6.45, 7) is 8.43. The van der Waals surface area contributed by atoms with Crippen molar-refractivity contribution in [1.82, 2.24) is 19.7 Å². The SMILES string of the molecule is Cc1cccc(Cn2nccc2NC(=O)c2sc3nc(C)nc(C)c3c2C)c1. The van der Waals surface area contributed by atoms with Crippen molar-refractivity contribution in [2.24, 2.45) is 0 Å². The number of nitrogens with one attached hydrogen (secondary N) is 1. The molecule has 1 N–H and O–H groups in total. The third kappa shape index (κ3) is 3.41. The minimum Gasteiger partial charge on any atom is -0.306 e. The molecule has 3 heterocycles. The highest BCUT2D eigenvalue weighted by atomic mass is 32.1. The van der Waals surface area contributed by atoms with Crippen molar-refractivity contribution in [3.63, 3.8) is 0 Å². The average molecular weight is 392 g/mol. The van der Waals surface area contributed by atoms with Gasteiger partial charge in [-0.2, -0.15) is 5.10 Å². The van der Waals surface area contributed by atoms with Crippen LogP contribution in [0.5, 0.6) is 0 Å². The Bertz CT molecular complexity index is 1190. The minimum atomic E-state index is -0.149. The molecule has 0 aliphatic rings. The van der Waals surface area contributed by atoms with E-state index in [2.05, 4.69) is 45.5 Å². The van der Waals surface area contributed by atoms with E-state index in [1.54, 1.807) is 10.9 Å². The van der Waals surface area contributed by atoms with Crippen LogP contribution < -0.4 is 5.32 Å². The molecule has 0 aliphatic carbocycles. The summed E-state index contributed by atoms with van der Waals surface area (Å²) in [7, 11) is 0. The van der Waals surface area contributed by atoms with Crippen LogP contribution in [-0.4, -0.2) is 25.7 Å². The molecular weight excluding hydrogens is 370 g/mol. The molecule has 0 bridgehead atoms. The number of anilines is 1. The van der Waals surface area contributed by atoms with Gasteiger partial charge in [0.2, 0.25) is 0 Å². The second-order valence-corrected chi connectivity index (χ2v) is 7.91. The first-order valence-electron chi connectivity index (χ1n) is 9.05. The summed E-state index contributed by atoms with van der Waals surface area (Å²) in [6.07, 6.45) is 1.70. The van der Waals surface area contributed by atoms with Crippen molar-refractivity contribution >= 4 is 33.3 Å². The molecule has 0 unspecified atom stereocenters. The van der Waals surface area contributed by atoms with Crippen LogP contribution in [0.25, 0.3) is 10.2 Å². The first kappa shape index (κ1) is 18.3. The van der Waals surface area contributed by atoms with E-state index >= 15 is 0 Å².